The summed E-state index contributed by atoms with van der Waals surface area (Å²) in [5.74, 6) is -0.0848. The van der Waals surface area contributed by atoms with Gasteiger partial charge in [0.25, 0.3) is 5.91 Å². The number of hydrogen-bond donors (Lipinski definition) is 2. The fraction of sp³-hybridized carbons (Fsp3) is 0.455. The van der Waals surface area contributed by atoms with Gasteiger partial charge in [0.15, 0.2) is 6.29 Å². The number of amides is 1. The van der Waals surface area contributed by atoms with Gasteiger partial charge in [-0.2, -0.15) is 0 Å². The Morgan fingerprint density at radius 1 is 1.24 bits per heavy atom. The fourth-order valence-corrected chi connectivity index (χ4v) is 3.68. The van der Waals surface area contributed by atoms with Crippen LogP contribution in [0.25, 0.3) is 10.8 Å². The highest BCUT2D eigenvalue weighted by Crippen LogP contribution is 2.32. The quantitative estimate of drug-likeness (QED) is 0.492. The number of aldehydes is 1. The number of nitrogens with zero attached hydrogens (tertiary/aromatic N) is 2. The van der Waals surface area contributed by atoms with Crippen molar-refractivity contribution in [2.45, 2.75) is 6.42 Å². The molecule has 29 heavy (non-hydrogen) atoms. The molecule has 0 aliphatic carbocycles. The molecule has 1 fully saturated rings. The molecule has 7 heteroatoms. The molecule has 2 aromatic rings. The zero-order valence-electron chi connectivity index (χ0n) is 17.0. The molecule has 2 aromatic carbocycles. The first-order valence-electron chi connectivity index (χ1n) is 10.2. The smallest absolute Gasteiger partial charge is 0.254 e. The molecule has 0 unspecified atom stereocenters. The molecule has 1 aliphatic heterocycles. The van der Waals surface area contributed by atoms with E-state index in [2.05, 4.69) is 10.2 Å². The van der Waals surface area contributed by atoms with Crippen LogP contribution in [0, 0.1) is 0 Å². The summed E-state index contributed by atoms with van der Waals surface area (Å²) in [7, 11) is 1.79. The topological polar surface area (TPSA) is 87.9 Å². The van der Waals surface area contributed by atoms with Crippen LogP contribution in [-0.4, -0.2) is 76.6 Å². The molecule has 1 amide bonds. The zero-order chi connectivity index (χ0) is 20.6. The van der Waals surface area contributed by atoms with E-state index in [4.69, 9.17) is 10.5 Å². The molecule has 1 saturated heterocycles. The molecule has 0 atom stereocenters. The van der Waals surface area contributed by atoms with Gasteiger partial charge in [0.2, 0.25) is 0 Å². The van der Waals surface area contributed by atoms with Gasteiger partial charge in [0.1, 0.15) is 0 Å². The summed E-state index contributed by atoms with van der Waals surface area (Å²) < 4.78 is 5.46. The molecule has 0 aromatic heterocycles. The Balaban J connectivity index is 1.89. The lowest BCUT2D eigenvalue weighted by atomic mass is 9.97. The largest absolute Gasteiger partial charge is 0.378 e. The molecule has 1 heterocycles. The van der Waals surface area contributed by atoms with Gasteiger partial charge >= 0.3 is 0 Å². The second-order valence-electron chi connectivity index (χ2n) is 7.24. The van der Waals surface area contributed by atoms with E-state index in [-0.39, 0.29) is 5.91 Å². The van der Waals surface area contributed by atoms with E-state index in [1.807, 2.05) is 24.3 Å². The number of morpholine rings is 1. The van der Waals surface area contributed by atoms with E-state index in [0.717, 1.165) is 48.8 Å². The molecule has 0 radical (unpaired) electrons. The van der Waals surface area contributed by atoms with Crippen molar-refractivity contribution in [1.29, 1.82) is 0 Å². The fourth-order valence-electron chi connectivity index (χ4n) is 3.68. The Bertz CT molecular complexity index is 849. The Hall–Kier alpha value is -2.48. The minimum absolute atomic E-state index is 0.0848. The van der Waals surface area contributed by atoms with Gasteiger partial charge in [-0.25, -0.2) is 0 Å². The summed E-state index contributed by atoms with van der Waals surface area (Å²) in [5.41, 5.74) is 7.63. The van der Waals surface area contributed by atoms with E-state index >= 15 is 0 Å². The molecule has 1 aliphatic rings. The van der Waals surface area contributed by atoms with Gasteiger partial charge in [-0.1, -0.05) is 18.2 Å². The summed E-state index contributed by atoms with van der Waals surface area (Å²) in [5, 5.41) is 4.94. The maximum atomic E-state index is 13.2. The summed E-state index contributed by atoms with van der Waals surface area (Å²) in [6, 6.07) is 9.46. The van der Waals surface area contributed by atoms with Crippen molar-refractivity contribution in [3.63, 3.8) is 0 Å². The summed E-state index contributed by atoms with van der Waals surface area (Å²) in [6.07, 6.45) is 1.74. The zero-order valence-corrected chi connectivity index (χ0v) is 17.0. The van der Waals surface area contributed by atoms with Crippen LogP contribution >= 0.6 is 0 Å². The third-order valence-corrected chi connectivity index (χ3v) is 5.29. The summed E-state index contributed by atoms with van der Waals surface area (Å²) in [6.45, 7) is 5.71. The van der Waals surface area contributed by atoms with Gasteiger partial charge < -0.3 is 25.6 Å². The standard InChI is InChI=1S/C22H30N4O3/c1-25(11-10-24-9-3-8-23)22(28)19-6-7-20(26-12-14-29-15-13-26)18-5-2-4-17(16-27)21(18)19/h2,4-7,16,24H,3,8-15,23H2,1H3. The van der Waals surface area contributed by atoms with Crippen LogP contribution in [0.4, 0.5) is 5.69 Å². The molecule has 0 saturated carbocycles. The highest BCUT2D eigenvalue weighted by atomic mass is 16.5. The Morgan fingerprint density at radius 2 is 2.03 bits per heavy atom. The number of carbonyl (C=O) groups excluding carboxylic acids is 2. The van der Waals surface area contributed by atoms with Crippen LogP contribution in [0.5, 0.6) is 0 Å². The SMILES string of the molecule is CN(CCNCCCN)C(=O)c1ccc(N2CCOCC2)c2cccc(C=O)c12. The van der Waals surface area contributed by atoms with Crippen molar-refractivity contribution < 1.29 is 14.3 Å². The average Bonchev–Trinajstić information content (AvgIpc) is 2.77. The molecule has 3 N–H and O–H groups in total. The summed E-state index contributed by atoms with van der Waals surface area (Å²) >= 11 is 0. The molecular formula is C22H30N4O3. The maximum absolute atomic E-state index is 13.2. The van der Waals surface area contributed by atoms with Crippen LogP contribution in [-0.2, 0) is 4.74 Å². The normalized spacial score (nSPS) is 14.2. The van der Waals surface area contributed by atoms with Gasteiger partial charge in [0.05, 0.1) is 13.2 Å². The molecule has 3 rings (SSSR count). The predicted octanol–water partition coefficient (Wildman–Crippen LogP) is 1.50. The first kappa shape index (κ1) is 21.2. The van der Waals surface area contributed by atoms with Crippen LogP contribution in [0.2, 0.25) is 0 Å². The number of anilines is 1. The van der Waals surface area contributed by atoms with Crippen molar-refractivity contribution in [2.24, 2.45) is 5.73 Å². The Kier molecular flexibility index (Phi) is 7.57. The molecule has 0 spiro atoms. The lowest BCUT2D eigenvalue weighted by Crippen LogP contribution is -2.36. The number of hydrogen-bond acceptors (Lipinski definition) is 6. The van der Waals surface area contributed by atoms with E-state index < -0.39 is 0 Å². The number of ether oxygens (including phenoxy) is 1. The predicted molar refractivity (Wildman–Crippen MR) is 116 cm³/mol. The van der Waals surface area contributed by atoms with Gasteiger partial charge in [-0.15, -0.1) is 0 Å². The average molecular weight is 399 g/mol. The first-order valence-corrected chi connectivity index (χ1v) is 10.2. The number of likely N-dealkylation sites (N-methyl/N-ethyl adjacent to an activating group) is 1. The van der Waals surface area contributed by atoms with Crippen LogP contribution in [0.1, 0.15) is 27.1 Å². The Morgan fingerprint density at radius 3 is 2.76 bits per heavy atom. The van der Waals surface area contributed by atoms with E-state index in [1.54, 1.807) is 18.0 Å². The molecule has 156 valence electrons. The van der Waals surface area contributed by atoms with Crippen LogP contribution in [0.15, 0.2) is 30.3 Å². The third kappa shape index (κ3) is 4.93. The van der Waals surface area contributed by atoms with Crippen molar-refractivity contribution in [3.8, 4) is 0 Å². The first-order chi connectivity index (χ1) is 14.2. The number of rotatable bonds is 9. The van der Waals surface area contributed by atoms with E-state index in [9.17, 15) is 9.59 Å². The molecular weight excluding hydrogens is 368 g/mol. The lowest BCUT2D eigenvalue weighted by molar-refractivity contribution is 0.0798. The van der Waals surface area contributed by atoms with Crippen molar-refractivity contribution in [3.05, 3.63) is 41.5 Å². The number of nitrogens with one attached hydrogen (secondary N) is 1. The molecule has 7 nitrogen and oxygen atoms in total. The number of carbonyl (C=O) groups is 2. The minimum Gasteiger partial charge on any atom is -0.378 e. The van der Waals surface area contributed by atoms with Crippen molar-refractivity contribution >= 4 is 28.7 Å². The van der Waals surface area contributed by atoms with Gasteiger partial charge in [-0.05, 0) is 31.6 Å². The minimum atomic E-state index is -0.0848. The van der Waals surface area contributed by atoms with Crippen LogP contribution in [0.3, 0.4) is 0 Å². The second kappa shape index (κ2) is 10.3. The van der Waals surface area contributed by atoms with Crippen molar-refractivity contribution in [2.75, 3.05) is 64.4 Å². The molecule has 0 bridgehead atoms. The van der Waals surface area contributed by atoms with Gasteiger partial charge in [0, 0.05) is 60.8 Å². The maximum Gasteiger partial charge on any atom is 0.254 e. The highest BCUT2D eigenvalue weighted by Gasteiger charge is 2.21. The van der Waals surface area contributed by atoms with E-state index in [0.29, 0.717) is 44.0 Å². The van der Waals surface area contributed by atoms with Crippen molar-refractivity contribution in [1.82, 2.24) is 10.2 Å². The number of benzene rings is 2. The second-order valence-corrected chi connectivity index (χ2v) is 7.24. The van der Waals surface area contributed by atoms with Crippen LogP contribution < -0.4 is 16.0 Å². The number of nitrogens with two attached hydrogens (primary N) is 1. The third-order valence-electron chi connectivity index (χ3n) is 5.29. The van der Waals surface area contributed by atoms with Gasteiger partial charge in [-0.3, -0.25) is 9.59 Å². The summed E-state index contributed by atoms with van der Waals surface area (Å²) in [4.78, 5) is 28.9. The Labute approximate surface area is 171 Å². The lowest BCUT2D eigenvalue weighted by Gasteiger charge is -2.30. The van der Waals surface area contributed by atoms with E-state index in [1.165, 1.54) is 0 Å². The number of fused-ring (bicyclic) bond motifs is 1. The highest BCUT2D eigenvalue weighted by molar-refractivity contribution is 6.15. The monoisotopic (exact) mass is 398 g/mol.